The molecular weight excluding hydrogens is 198 g/mol. The molecule has 1 heterocycles. The number of aliphatic hydroxyl groups is 1. The second kappa shape index (κ2) is 4.45. The molecule has 1 aromatic heterocycles. The maximum Gasteiger partial charge on any atom is 0.0722 e. The number of hydrogen-bond acceptors (Lipinski definition) is 2. The molecule has 0 saturated heterocycles. The minimum absolute atomic E-state index is 0.399. The lowest BCUT2D eigenvalue weighted by Crippen LogP contribution is -2.00. The van der Waals surface area contributed by atoms with Crippen LogP contribution >= 0.6 is 0 Å². The lowest BCUT2D eigenvalue weighted by atomic mass is 10.1. The molecule has 1 aromatic carbocycles. The van der Waals surface area contributed by atoms with E-state index in [1.54, 1.807) is 13.1 Å². The first kappa shape index (κ1) is 10.8. The van der Waals surface area contributed by atoms with E-state index in [9.17, 15) is 5.11 Å². The molecule has 0 aliphatic carbocycles. The summed E-state index contributed by atoms with van der Waals surface area (Å²) < 4.78 is 0. The summed E-state index contributed by atoms with van der Waals surface area (Å²) >= 11 is 0. The molecule has 2 heteroatoms. The van der Waals surface area contributed by atoms with Crippen LogP contribution < -0.4 is 0 Å². The Labute approximate surface area is 95.3 Å². The molecule has 0 fully saturated rings. The summed E-state index contributed by atoms with van der Waals surface area (Å²) in [4.78, 5) is 4.27. The average Bonchev–Trinajstić information content (AvgIpc) is 2.28. The van der Waals surface area contributed by atoms with Crippen LogP contribution in [0.4, 0.5) is 0 Å². The Kier molecular flexibility index (Phi) is 3.02. The van der Waals surface area contributed by atoms with Crippen molar-refractivity contribution >= 4 is 17.0 Å². The number of nitrogens with zero attached hydrogens (tertiary/aromatic N) is 1. The maximum atomic E-state index is 9.41. The molecule has 2 nitrogen and oxygen atoms in total. The van der Waals surface area contributed by atoms with Crippen molar-refractivity contribution < 1.29 is 5.11 Å². The molecule has 82 valence electrons. The van der Waals surface area contributed by atoms with Crippen LogP contribution in [0.1, 0.15) is 19.4 Å². The van der Waals surface area contributed by atoms with Crippen LogP contribution in [0.5, 0.6) is 0 Å². The molecule has 0 radical (unpaired) electrons. The number of rotatable bonds is 2. The highest BCUT2D eigenvalue weighted by Crippen LogP contribution is 2.16. The summed E-state index contributed by atoms with van der Waals surface area (Å²) in [5, 5.41) is 10.5. The molecule has 0 amide bonds. The van der Waals surface area contributed by atoms with Crippen LogP contribution in [0.3, 0.4) is 0 Å². The molecule has 2 aromatic rings. The molecule has 16 heavy (non-hydrogen) atoms. The van der Waals surface area contributed by atoms with Crippen LogP contribution in [0.25, 0.3) is 17.0 Å². The van der Waals surface area contributed by atoms with Crippen LogP contribution in [0.15, 0.2) is 42.1 Å². The predicted molar refractivity (Wildman–Crippen MR) is 67.1 cm³/mol. The van der Waals surface area contributed by atoms with E-state index >= 15 is 0 Å². The van der Waals surface area contributed by atoms with Gasteiger partial charge in [0.1, 0.15) is 0 Å². The minimum Gasteiger partial charge on any atom is -0.389 e. The summed E-state index contributed by atoms with van der Waals surface area (Å²) in [6.45, 7) is 3.70. The van der Waals surface area contributed by atoms with Crippen LogP contribution in [-0.2, 0) is 0 Å². The van der Waals surface area contributed by atoms with Gasteiger partial charge in [-0.2, -0.15) is 0 Å². The molecule has 0 aliphatic rings. The number of benzene rings is 1. The monoisotopic (exact) mass is 213 g/mol. The van der Waals surface area contributed by atoms with Crippen molar-refractivity contribution in [1.82, 2.24) is 4.98 Å². The highest BCUT2D eigenvalue weighted by atomic mass is 16.3. The van der Waals surface area contributed by atoms with Gasteiger partial charge in [0.2, 0.25) is 0 Å². The van der Waals surface area contributed by atoms with Crippen LogP contribution in [0.2, 0.25) is 0 Å². The van der Waals surface area contributed by atoms with Gasteiger partial charge in [-0.1, -0.05) is 18.2 Å². The van der Waals surface area contributed by atoms with Crippen molar-refractivity contribution in [2.45, 2.75) is 20.0 Å². The molecular formula is C14H15NO. The number of fused-ring (bicyclic) bond motifs is 1. The lowest BCUT2D eigenvalue weighted by molar-refractivity contribution is 0.232. The first-order valence-electron chi connectivity index (χ1n) is 5.38. The predicted octanol–water partition coefficient (Wildman–Crippen LogP) is 3.02. The highest BCUT2D eigenvalue weighted by molar-refractivity contribution is 5.81. The molecule has 0 saturated carbocycles. The largest absolute Gasteiger partial charge is 0.389 e. The molecule has 0 bridgehead atoms. The van der Waals surface area contributed by atoms with Gasteiger partial charge < -0.3 is 5.11 Å². The first-order chi connectivity index (χ1) is 7.66. The van der Waals surface area contributed by atoms with E-state index in [1.807, 2.05) is 37.3 Å². The SMILES string of the molecule is C/C(=C\c1ccc2ncccc2c1)C(C)O. The zero-order valence-electron chi connectivity index (χ0n) is 9.51. The van der Waals surface area contributed by atoms with Crippen molar-refractivity contribution in [2.24, 2.45) is 0 Å². The van der Waals surface area contributed by atoms with E-state index in [0.29, 0.717) is 0 Å². The van der Waals surface area contributed by atoms with Gasteiger partial charge in [-0.05, 0) is 43.2 Å². The standard InChI is InChI=1S/C14H15NO/c1-10(11(2)16)8-12-5-6-14-13(9-12)4-3-7-15-14/h3-9,11,16H,1-2H3/b10-8+. The fourth-order valence-electron chi connectivity index (χ4n) is 1.57. The van der Waals surface area contributed by atoms with Gasteiger partial charge in [-0.3, -0.25) is 4.98 Å². The number of aliphatic hydroxyl groups excluding tert-OH is 1. The third kappa shape index (κ3) is 2.28. The summed E-state index contributed by atoms with van der Waals surface area (Å²) in [7, 11) is 0. The molecule has 1 unspecified atom stereocenters. The quantitative estimate of drug-likeness (QED) is 0.831. The van der Waals surface area contributed by atoms with E-state index in [1.165, 1.54) is 0 Å². The third-order valence-corrected chi connectivity index (χ3v) is 2.68. The number of pyridine rings is 1. The highest BCUT2D eigenvalue weighted by Gasteiger charge is 1.99. The second-order valence-electron chi connectivity index (χ2n) is 4.02. The molecule has 1 atom stereocenters. The summed E-state index contributed by atoms with van der Waals surface area (Å²) in [6.07, 6.45) is 3.39. The topological polar surface area (TPSA) is 33.1 Å². The lowest BCUT2D eigenvalue weighted by Gasteiger charge is -2.04. The van der Waals surface area contributed by atoms with Crippen molar-refractivity contribution in [3.8, 4) is 0 Å². The summed E-state index contributed by atoms with van der Waals surface area (Å²) in [5.41, 5.74) is 3.05. The Morgan fingerprint density at radius 1 is 1.38 bits per heavy atom. The first-order valence-corrected chi connectivity index (χ1v) is 5.38. The summed E-state index contributed by atoms with van der Waals surface area (Å²) in [6, 6.07) is 10.1. The van der Waals surface area contributed by atoms with Gasteiger partial charge >= 0.3 is 0 Å². The van der Waals surface area contributed by atoms with Crippen molar-refractivity contribution in [1.29, 1.82) is 0 Å². The van der Waals surface area contributed by atoms with E-state index in [4.69, 9.17) is 0 Å². The van der Waals surface area contributed by atoms with Gasteiger partial charge in [0.25, 0.3) is 0 Å². The van der Waals surface area contributed by atoms with Gasteiger partial charge in [0.15, 0.2) is 0 Å². The van der Waals surface area contributed by atoms with Crippen LogP contribution in [-0.4, -0.2) is 16.2 Å². The fraction of sp³-hybridized carbons (Fsp3) is 0.214. The normalized spacial score (nSPS) is 14.1. The van der Waals surface area contributed by atoms with Gasteiger partial charge in [-0.15, -0.1) is 0 Å². The Morgan fingerprint density at radius 2 is 2.19 bits per heavy atom. The van der Waals surface area contributed by atoms with E-state index in [-0.39, 0.29) is 0 Å². The molecule has 2 rings (SSSR count). The van der Waals surface area contributed by atoms with Gasteiger partial charge in [-0.25, -0.2) is 0 Å². The zero-order valence-corrected chi connectivity index (χ0v) is 9.51. The van der Waals surface area contributed by atoms with Crippen molar-refractivity contribution in [3.05, 3.63) is 47.7 Å². The minimum atomic E-state index is -0.399. The third-order valence-electron chi connectivity index (χ3n) is 2.68. The maximum absolute atomic E-state index is 9.41. The van der Waals surface area contributed by atoms with E-state index in [0.717, 1.165) is 22.0 Å². The van der Waals surface area contributed by atoms with E-state index < -0.39 is 6.10 Å². The van der Waals surface area contributed by atoms with Crippen molar-refractivity contribution in [3.63, 3.8) is 0 Å². The fourth-order valence-corrected chi connectivity index (χ4v) is 1.57. The average molecular weight is 213 g/mol. The number of hydrogen-bond donors (Lipinski definition) is 1. The zero-order chi connectivity index (χ0) is 11.5. The Balaban J connectivity index is 2.44. The molecule has 1 N–H and O–H groups in total. The van der Waals surface area contributed by atoms with Gasteiger partial charge in [0, 0.05) is 11.6 Å². The molecule has 0 spiro atoms. The van der Waals surface area contributed by atoms with E-state index in [2.05, 4.69) is 11.1 Å². The Morgan fingerprint density at radius 3 is 2.94 bits per heavy atom. The van der Waals surface area contributed by atoms with Crippen molar-refractivity contribution in [2.75, 3.05) is 0 Å². The summed E-state index contributed by atoms with van der Waals surface area (Å²) in [5.74, 6) is 0. The Hall–Kier alpha value is -1.67. The number of aromatic nitrogens is 1. The Bertz CT molecular complexity index is 529. The molecule has 0 aliphatic heterocycles. The van der Waals surface area contributed by atoms with Gasteiger partial charge in [0.05, 0.1) is 11.6 Å². The second-order valence-corrected chi connectivity index (χ2v) is 4.02. The van der Waals surface area contributed by atoms with Crippen LogP contribution in [0, 0.1) is 0 Å². The smallest absolute Gasteiger partial charge is 0.0722 e.